The molecule has 110 valence electrons. The van der Waals surface area contributed by atoms with Crippen LogP contribution in [0.4, 0.5) is 0 Å². The Morgan fingerprint density at radius 2 is 1.95 bits per heavy atom. The number of hydrogen-bond acceptors (Lipinski definition) is 3. The summed E-state index contributed by atoms with van der Waals surface area (Å²) < 4.78 is 11.5. The Bertz CT molecular complexity index is 597. The average Bonchev–Trinajstić information content (AvgIpc) is 3.00. The predicted octanol–water partition coefficient (Wildman–Crippen LogP) is 3.40. The number of rotatable bonds is 5. The second-order valence-corrected chi connectivity index (χ2v) is 5.28. The molecule has 0 amide bonds. The van der Waals surface area contributed by atoms with Gasteiger partial charge in [-0.05, 0) is 29.7 Å². The fraction of sp³-hybridized carbons (Fsp3) is 0.333. The maximum atomic E-state index is 6.49. The maximum absolute atomic E-state index is 6.49. The standard InChI is InChI=1S/C18H21NO2/c1-2-20-18(13-6-4-3-5-7-13)17(19)15-8-9-16-14(12-15)10-11-21-16/h3-9,12,17-18H,2,10-11,19H2,1H3. The van der Waals surface area contributed by atoms with Crippen molar-refractivity contribution in [3.8, 4) is 5.75 Å². The Morgan fingerprint density at radius 3 is 2.71 bits per heavy atom. The molecule has 0 saturated carbocycles. The van der Waals surface area contributed by atoms with Gasteiger partial charge in [0.15, 0.2) is 0 Å². The molecule has 2 aromatic rings. The Kier molecular flexibility index (Phi) is 4.23. The van der Waals surface area contributed by atoms with Crippen molar-refractivity contribution in [3.05, 3.63) is 65.2 Å². The Morgan fingerprint density at radius 1 is 1.14 bits per heavy atom. The molecule has 0 saturated heterocycles. The van der Waals surface area contributed by atoms with Gasteiger partial charge in [-0.2, -0.15) is 0 Å². The molecule has 1 heterocycles. The van der Waals surface area contributed by atoms with E-state index in [1.807, 2.05) is 37.3 Å². The van der Waals surface area contributed by atoms with E-state index in [0.717, 1.165) is 29.9 Å². The van der Waals surface area contributed by atoms with E-state index in [9.17, 15) is 0 Å². The van der Waals surface area contributed by atoms with E-state index in [1.54, 1.807) is 0 Å². The molecule has 2 N–H and O–H groups in total. The number of nitrogens with two attached hydrogens (primary N) is 1. The van der Waals surface area contributed by atoms with Crippen molar-refractivity contribution in [2.75, 3.05) is 13.2 Å². The molecular weight excluding hydrogens is 262 g/mol. The lowest BCUT2D eigenvalue weighted by Crippen LogP contribution is -2.22. The van der Waals surface area contributed by atoms with Crippen LogP contribution in [0.1, 0.15) is 35.8 Å². The first kappa shape index (κ1) is 14.1. The number of ether oxygens (including phenoxy) is 2. The Hall–Kier alpha value is -1.84. The second kappa shape index (κ2) is 6.29. The van der Waals surface area contributed by atoms with Gasteiger partial charge in [0.25, 0.3) is 0 Å². The van der Waals surface area contributed by atoms with Crippen molar-refractivity contribution >= 4 is 0 Å². The summed E-state index contributed by atoms with van der Waals surface area (Å²) in [6.07, 6.45) is 0.831. The summed E-state index contributed by atoms with van der Waals surface area (Å²) in [6, 6.07) is 16.2. The third-order valence-electron chi connectivity index (χ3n) is 3.90. The minimum Gasteiger partial charge on any atom is -0.493 e. The lowest BCUT2D eigenvalue weighted by atomic mass is 9.94. The van der Waals surface area contributed by atoms with Crippen LogP contribution < -0.4 is 10.5 Å². The second-order valence-electron chi connectivity index (χ2n) is 5.28. The fourth-order valence-electron chi connectivity index (χ4n) is 2.82. The monoisotopic (exact) mass is 283 g/mol. The van der Waals surface area contributed by atoms with Crippen LogP contribution in [-0.4, -0.2) is 13.2 Å². The summed E-state index contributed by atoms with van der Waals surface area (Å²) in [5, 5.41) is 0. The van der Waals surface area contributed by atoms with Gasteiger partial charge in [0.2, 0.25) is 0 Å². The highest BCUT2D eigenvalue weighted by atomic mass is 16.5. The molecule has 0 spiro atoms. The average molecular weight is 283 g/mol. The van der Waals surface area contributed by atoms with E-state index in [0.29, 0.717) is 6.61 Å². The summed E-state index contributed by atoms with van der Waals surface area (Å²) in [5.74, 6) is 0.985. The fourth-order valence-corrected chi connectivity index (χ4v) is 2.82. The summed E-state index contributed by atoms with van der Waals surface area (Å²) in [5.41, 5.74) is 9.94. The van der Waals surface area contributed by atoms with E-state index >= 15 is 0 Å². The predicted molar refractivity (Wildman–Crippen MR) is 83.4 cm³/mol. The van der Waals surface area contributed by atoms with Gasteiger partial charge in [0.05, 0.1) is 12.6 Å². The van der Waals surface area contributed by atoms with Crippen molar-refractivity contribution in [1.82, 2.24) is 0 Å². The molecule has 0 bridgehead atoms. The first-order valence-corrected chi connectivity index (χ1v) is 7.47. The molecule has 1 aliphatic heterocycles. The first-order chi connectivity index (χ1) is 10.3. The minimum absolute atomic E-state index is 0.128. The molecular formula is C18H21NO2. The Labute approximate surface area is 125 Å². The van der Waals surface area contributed by atoms with Gasteiger partial charge >= 0.3 is 0 Å². The van der Waals surface area contributed by atoms with Crippen LogP contribution in [0.5, 0.6) is 5.75 Å². The minimum atomic E-state index is -0.182. The highest BCUT2D eigenvalue weighted by Gasteiger charge is 2.23. The molecule has 2 aromatic carbocycles. The van der Waals surface area contributed by atoms with Crippen LogP contribution in [-0.2, 0) is 11.2 Å². The van der Waals surface area contributed by atoms with Crippen molar-refractivity contribution < 1.29 is 9.47 Å². The molecule has 0 aliphatic carbocycles. The van der Waals surface area contributed by atoms with E-state index in [4.69, 9.17) is 15.2 Å². The normalized spacial score (nSPS) is 16.1. The van der Waals surface area contributed by atoms with Crippen molar-refractivity contribution in [3.63, 3.8) is 0 Å². The van der Waals surface area contributed by atoms with E-state index in [1.165, 1.54) is 5.56 Å². The largest absolute Gasteiger partial charge is 0.493 e. The molecule has 0 radical (unpaired) electrons. The topological polar surface area (TPSA) is 44.5 Å². The van der Waals surface area contributed by atoms with Gasteiger partial charge in [-0.3, -0.25) is 0 Å². The van der Waals surface area contributed by atoms with Gasteiger partial charge in [-0.1, -0.05) is 42.5 Å². The number of benzene rings is 2. The lowest BCUT2D eigenvalue weighted by molar-refractivity contribution is 0.0429. The van der Waals surface area contributed by atoms with Crippen LogP contribution in [0, 0.1) is 0 Å². The van der Waals surface area contributed by atoms with Crippen LogP contribution in [0.15, 0.2) is 48.5 Å². The summed E-state index contributed by atoms with van der Waals surface area (Å²) in [6.45, 7) is 3.40. The Balaban J connectivity index is 1.89. The van der Waals surface area contributed by atoms with Gasteiger partial charge in [-0.15, -0.1) is 0 Å². The quantitative estimate of drug-likeness (QED) is 0.914. The number of fused-ring (bicyclic) bond motifs is 1. The van der Waals surface area contributed by atoms with E-state index in [-0.39, 0.29) is 12.1 Å². The van der Waals surface area contributed by atoms with Gasteiger partial charge in [-0.25, -0.2) is 0 Å². The van der Waals surface area contributed by atoms with E-state index < -0.39 is 0 Å². The van der Waals surface area contributed by atoms with Crippen molar-refractivity contribution in [2.24, 2.45) is 5.73 Å². The molecule has 21 heavy (non-hydrogen) atoms. The third kappa shape index (κ3) is 2.94. The molecule has 0 aromatic heterocycles. The third-order valence-corrected chi connectivity index (χ3v) is 3.90. The van der Waals surface area contributed by atoms with E-state index in [2.05, 4.69) is 18.2 Å². The molecule has 3 heteroatoms. The molecule has 3 nitrogen and oxygen atoms in total. The molecule has 1 aliphatic rings. The summed E-state index contributed by atoms with van der Waals surface area (Å²) >= 11 is 0. The lowest BCUT2D eigenvalue weighted by Gasteiger charge is -2.25. The zero-order chi connectivity index (χ0) is 14.7. The van der Waals surface area contributed by atoms with Gasteiger partial charge < -0.3 is 15.2 Å². The first-order valence-electron chi connectivity index (χ1n) is 7.47. The number of hydrogen-bond donors (Lipinski definition) is 1. The van der Waals surface area contributed by atoms with Crippen molar-refractivity contribution in [1.29, 1.82) is 0 Å². The smallest absolute Gasteiger partial charge is 0.122 e. The van der Waals surface area contributed by atoms with Crippen LogP contribution >= 0.6 is 0 Å². The molecule has 0 fully saturated rings. The van der Waals surface area contributed by atoms with Crippen LogP contribution in [0.3, 0.4) is 0 Å². The SMILES string of the molecule is CCOC(c1ccccc1)C(N)c1ccc2c(c1)CCO2. The van der Waals surface area contributed by atoms with Crippen LogP contribution in [0.25, 0.3) is 0 Å². The molecule has 2 unspecified atom stereocenters. The zero-order valence-electron chi connectivity index (χ0n) is 12.3. The highest BCUT2D eigenvalue weighted by Crippen LogP contribution is 2.34. The summed E-state index contributed by atoms with van der Waals surface area (Å²) in [4.78, 5) is 0. The van der Waals surface area contributed by atoms with Crippen LogP contribution in [0.2, 0.25) is 0 Å². The van der Waals surface area contributed by atoms with Gasteiger partial charge in [0, 0.05) is 13.0 Å². The highest BCUT2D eigenvalue weighted by molar-refractivity contribution is 5.41. The maximum Gasteiger partial charge on any atom is 0.122 e. The zero-order valence-corrected chi connectivity index (χ0v) is 12.3. The summed E-state index contributed by atoms with van der Waals surface area (Å²) in [7, 11) is 0. The molecule has 2 atom stereocenters. The van der Waals surface area contributed by atoms with Gasteiger partial charge in [0.1, 0.15) is 11.9 Å². The molecule has 3 rings (SSSR count). The van der Waals surface area contributed by atoms with Crippen molar-refractivity contribution in [2.45, 2.75) is 25.5 Å².